The molecule has 36 heavy (non-hydrogen) atoms. The number of carbonyl (C=O) groups excluding carboxylic acids is 1. The van der Waals surface area contributed by atoms with Crippen LogP contribution in [0.2, 0.25) is 0 Å². The van der Waals surface area contributed by atoms with E-state index in [0.717, 1.165) is 11.3 Å². The normalized spacial score (nSPS) is 12.7. The van der Waals surface area contributed by atoms with Crippen molar-refractivity contribution in [3.8, 4) is 5.75 Å². The van der Waals surface area contributed by atoms with Crippen molar-refractivity contribution in [1.82, 2.24) is 25.3 Å². The van der Waals surface area contributed by atoms with E-state index in [-0.39, 0.29) is 35.1 Å². The minimum Gasteiger partial charge on any atom is -0.487 e. The van der Waals surface area contributed by atoms with Crippen molar-refractivity contribution in [3.63, 3.8) is 0 Å². The Bertz CT molecular complexity index is 1520. The van der Waals surface area contributed by atoms with Crippen molar-refractivity contribution >= 4 is 37.5 Å². The van der Waals surface area contributed by atoms with Crippen LogP contribution in [0.3, 0.4) is 0 Å². The van der Waals surface area contributed by atoms with Crippen LogP contribution in [0.1, 0.15) is 36.7 Å². The summed E-state index contributed by atoms with van der Waals surface area (Å²) >= 11 is 0.957. The largest absolute Gasteiger partial charge is 0.487 e. The number of sulfonamides is 1. The van der Waals surface area contributed by atoms with Gasteiger partial charge in [-0.2, -0.15) is 0 Å². The number of aromatic nitrogens is 4. The zero-order valence-electron chi connectivity index (χ0n) is 19.8. The molecule has 190 valence electrons. The Balaban J connectivity index is 1.41. The maximum absolute atomic E-state index is 13.8. The second kappa shape index (κ2) is 10.3. The van der Waals surface area contributed by atoms with Gasteiger partial charge in [0.25, 0.3) is 10.0 Å². The number of ether oxygens (including phenoxy) is 1. The summed E-state index contributed by atoms with van der Waals surface area (Å²) in [5.41, 5.74) is 2.21. The van der Waals surface area contributed by atoms with Crippen LogP contribution in [-0.2, 0) is 28.0 Å². The Morgan fingerprint density at radius 1 is 1.25 bits per heavy atom. The van der Waals surface area contributed by atoms with Gasteiger partial charge in [-0.05, 0) is 48.2 Å². The van der Waals surface area contributed by atoms with E-state index in [4.69, 9.17) is 9.88 Å². The van der Waals surface area contributed by atoms with Gasteiger partial charge in [0.1, 0.15) is 29.9 Å². The summed E-state index contributed by atoms with van der Waals surface area (Å²) in [4.78, 5) is 16.9. The predicted octanol–water partition coefficient (Wildman–Crippen LogP) is 3.08. The third kappa shape index (κ3) is 5.86. The number of primary sulfonamides is 1. The lowest BCUT2D eigenvalue weighted by Gasteiger charge is -2.20. The molecule has 10 nitrogen and oxygen atoms in total. The number of rotatable bonds is 9. The zero-order valence-corrected chi connectivity index (χ0v) is 21.4. The summed E-state index contributed by atoms with van der Waals surface area (Å²) in [5, 5.41) is 16.2. The topological polar surface area (TPSA) is 142 Å². The molecule has 4 rings (SSSR count). The number of nitrogens with one attached hydrogen (secondary N) is 1. The number of amides is 1. The Hall–Kier alpha value is -3.42. The number of halogens is 1. The lowest BCUT2D eigenvalue weighted by Crippen LogP contribution is -2.35. The van der Waals surface area contributed by atoms with Gasteiger partial charge in [0.2, 0.25) is 10.2 Å². The quantitative estimate of drug-likeness (QED) is 0.337. The molecule has 0 saturated heterocycles. The van der Waals surface area contributed by atoms with E-state index < -0.39 is 16.1 Å². The van der Waals surface area contributed by atoms with Gasteiger partial charge in [-0.25, -0.2) is 27.6 Å². The van der Waals surface area contributed by atoms with E-state index in [9.17, 15) is 17.6 Å². The maximum atomic E-state index is 13.8. The molecule has 2 heterocycles. The summed E-state index contributed by atoms with van der Waals surface area (Å²) in [6.07, 6.45) is 1.64. The van der Waals surface area contributed by atoms with E-state index in [0.29, 0.717) is 32.8 Å². The average Bonchev–Trinajstić information content (AvgIpc) is 3.45. The van der Waals surface area contributed by atoms with Gasteiger partial charge in [0.15, 0.2) is 0 Å². The van der Waals surface area contributed by atoms with Gasteiger partial charge in [-0.3, -0.25) is 4.79 Å². The van der Waals surface area contributed by atoms with E-state index in [1.54, 1.807) is 43.5 Å². The molecule has 0 aliphatic carbocycles. The number of aryl methyl sites for hydroxylation is 1. The van der Waals surface area contributed by atoms with Crippen molar-refractivity contribution < 1.29 is 22.3 Å². The van der Waals surface area contributed by atoms with Gasteiger partial charge in [0.05, 0.1) is 16.4 Å². The first-order valence-electron chi connectivity index (χ1n) is 11.0. The minimum atomic E-state index is -3.88. The van der Waals surface area contributed by atoms with Crippen LogP contribution in [0, 0.1) is 18.7 Å². The van der Waals surface area contributed by atoms with Crippen LogP contribution in [0.4, 0.5) is 4.39 Å². The number of fused-ring (bicyclic) bond motifs is 1. The molecule has 2 aromatic carbocycles. The van der Waals surface area contributed by atoms with Gasteiger partial charge < -0.3 is 10.1 Å². The summed E-state index contributed by atoms with van der Waals surface area (Å²) in [6.45, 7) is 5.75. The Morgan fingerprint density at radius 2 is 2.03 bits per heavy atom. The molecule has 0 saturated carbocycles. The molecule has 0 spiro atoms. The highest BCUT2D eigenvalue weighted by atomic mass is 32.2. The Morgan fingerprint density at radius 3 is 2.72 bits per heavy atom. The third-order valence-electron chi connectivity index (χ3n) is 5.42. The number of hydrogen-bond donors (Lipinski definition) is 2. The highest BCUT2D eigenvalue weighted by molar-refractivity contribution is 7.91. The predicted molar refractivity (Wildman–Crippen MR) is 132 cm³/mol. The van der Waals surface area contributed by atoms with E-state index in [1.807, 2.05) is 13.8 Å². The Kier molecular flexibility index (Phi) is 7.33. The summed E-state index contributed by atoms with van der Waals surface area (Å²) < 4.78 is 44.6. The van der Waals surface area contributed by atoms with Gasteiger partial charge in [-0.15, -0.1) is 16.4 Å². The van der Waals surface area contributed by atoms with E-state index >= 15 is 0 Å². The summed E-state index contributed by atoms with van der Waals surface area (Å²) in [7, 11) is -3.88. The highest BCUT2D eigenvalue weighted by Gasteiger charge is 2.25. The van der Waals surface area contributed by atoms with Crippen molar-refractivity contribution in [2.24, 2.45) is 11.1 Å². The van der Waals surface area contributed by atoms with Gasteiger partial charge >= 0.3 is 0 Å². The first-order valence-corrected chi connectivity index (χ1v) is 13.4. The molecule has 0 fully saturated rings. The lowest BCUT2D eigenvalue weighted by atomic mass is 10.0. The number of thiazole rings is 1. The minimum absolute atomic E-state index is 0.0848. The summed E-state index contributed by atoms with van der Waals surface area (Å²) in [5.74, 6) is -0.172. The van der Waals surface area contributed by atoms with Crippen LogP contribution in [0.15, 0.2) is 46.9 Å². The fourth-order valence-corrected chi connectivity index (χ4v) is 5.22. The number of nitrogens with zero attached hydrogens (tertiary/aromatic N) is 4. The fraction of sp³-hybridized carbons (Fsp3) is 0.304. The molecule has 0 aliphatic rings. The van der Waals surface area contributed by atoms with E-state index in [1.165, 1.54) is 10.7 Å². The molecule has 13 heteroatoms. The van der Waals surface area contributed by atoms with Crippen molar-refractivity contribution in [2.45, 2.75) is 44.3 Å². The first-order chi connectivity index (χ1) is 17.0. The molecule has 0 bridgehead atoms. The van der Waals surface area contributed by atoms with Crippen molar-refractivity contribution in [2.75, 3.05) is 0 Å². The number of hydrogen-bond acceptors (Lipinski definition) is 8. The van der Waals surface area contributed by atoms with Crippen LogP contribution < -0.4 is 15.2 Å². The van der Waals surface area contributed by atoms with Crippen molar-refractivity contribution in [3.05, 3.63) is 65.2 Å². The average molecular weight is 533 g/mol. The smallest absolute Gasteiger partial charge is 0.265 e. The number of nitrogens with two attached hydrogens (primary N) is 1. The zero-order chi connectivity index (χ0) is 26.0. The second-order valence-electron chi connectivity index (χ2n) is 8.62. The van der Waals surface area contributed by atoms with Crippen LogP contribution >= 0.6 is 11.3 Å². The number of benzene rings is 2. The maximum Gasteiger partial charge on any atom is 0.265 e. The first kappa shape index (κ1) is 25.7. The molecular formula is C23H25FN6O4S2. The molecule has 1 unspecified atom stereocenters. The molecular weight excluding hydrogens is 507 g/mol. The molecule has 1 amide bonds. The number of carbonyl (C=O) groups is 1. The SMILES string of the molecule is Cc1ccc(CNC(=O)C(C(C)C)n2cc(COc3ccc4nc(S(N)(=O)=O)sc4c3)nn2)cc1F. The summed E-state index contributed by atoms with van der Waals surface area (Å²) in [6, 6.07) is 9.21. The molecule has 4 aromatic rings. The van der Waals surface area contributed by atoms with Crippen LogP contribution in [0.25, 0.3) is 10.2 Å². The molecule has 0 aliphatic heterocycles. The van der Waals surface area contributed by atoms with Crippen LogP contribution in [-0.4, -0.2) is 34.3 Å². The molecule has 3 N–H and O–H groups in total. The van der Waals surface area contributed by atoms with E-state index in [2.05, 4.69) is 20.6 Å². The molecule has 1 atom stereocenters. The molecule has 2 aromatic heterocycles. The third-order valence-corrected chi connectivity index (χ3v) is 7.75. The second-order valence-corrected chi connectivity index (χ2v) is 11.4. The monoisotopic (exact) mass is 532 g/mol. The Labute approximate surface area is 211 Å². The van der Waals surface area contributed by atoms with Crippen LogP contribution in [0.5, 0.6) is 5.75 Å². The highest BCUT2D eigenvalue weighted by Crippen LogP contribution is 2.28. The van der Waals surface area contributed by atoms with Crippen molar-refractivity contribution in [1.29, 1.82) is 0 Å². The van der Waals surface area contributed by atoms with Gasteiger partial charge in [-0.1, -0.05) is 31.2 Å². The fourth-order valence-electron chi connectivity index (χ4n) is 3.54. The molecule has 0 radical (unpaired) electrons. The standard InChI is InChI=1S/C23H25FN6O4S2/c1-13(2)21(22(31)26-10-15-5-4-14(3)18(24)8-15)30-11-16(28-29-30)12-34-17-6-7-19-20(9-17)35-23(27-19)36(25,32)33/h4-9,11,13,21H,10,12H2,1-3H3,(H,26,31)(H2,25,32,33). The lowest BCUT2D eigenvalue weighted by molar-refractivity contribution is -0.126. The van der Waals surface area contributed by atoms with Gasteiger partial charge in [0, 0.05) is 6.54 Å².